The number of ether oxygens (including phenoxy) is 1. The fourth-order valence-electron chi connectivity index (χ4n) is 5.49. The van der Waals surface area contributed by atoms with Gasteiger partial charge in [-0.2, -0.15) is 0 Å². The Kier molecular flexibility index (Phi) is 11.1. The molecule has 0 aliphatic rings. The number of aromatic amines is 1. The average molecular weight is 655 g/mol. The van der Waals surface area contributed by atoms with Gasteiger partial charge in [0.1, 0.15) is 23.9 Å². The number of carbonyl (C=O) groups excluding carboxylic acids is 1. The van der Waals surface area contributed by atoms with Crippen LogP contribution in [0.3, 0.4) is 0 Å². The van der Waals surface area contributed by atoms with Crippen molar-refractivity contribution >= 4 is 22.9 Å². The standard InChI is InChI=1S/C36H38N4O8/c1-2-40(19-7-18-37-21-30(42)27-13-15-29(41)34-28(27)14-17-32(43)38-34)35(44)31-16-12-26(48-31)22-47-25-11-6-10-24(20-25)33(39-36(45)46)23-8-4-3-5-9-23/h3-6,8-17,20,30,33,37,39,41-42H,2,7,18-19,21-22H2,1H3,(H,38,43)(H,45,46)/t30-,33-/m0/s1. The molecule has 0 unspecified atom stereocenters. The second kappa shape index (κ2) is 15.8. The molecule has 0 fully saturated rings. The number of aliphatic hydroxyl groups is 1. The Morgan fingerprint density at radius 3 is 2.54 bits per heavy atom. The van der Waals surface area contributed by atoms with E-state index in [1.807, 2.05) is 43.3 Å². The number of phenolic OH excluding ortho intramolecular Hbond substituents is 1. The Hall–Kier alpha value is -5.59. The van der Waals surface area contributed by atoms with E-state index in [2.05, 4.69) is 15.6 Å². The van der Waals surface area contributed by atoms with Crippen LogP contribution >= 0.6 is 0 Å². The van der Waals surface area contributed by atoms with Crippen LogP contribution in [0, 0.1) is 0 Å². The zero-order valence-corrected chi connectivity index (χ0v) is 26.4. The minimum absolute atomic E-state index is 0.0677. The number of pyridine rings is 1. The summed E-state index contributed by atoms with van der Waals surface area (Å²) >= 11 is 0. The molecule has 0 radical (unpaired) electrons. The van der Waals surface area contributed by atoms with Gasteiger partial charge in [-0.3, -0.25) is 9.59 Å². The summed E-state index contributed by atoms with van der Waals surface area (Å²) in [6.45, 7) is 3.68. The van der Waals surface area contributed by atoms with Crippen LogP contribution in [0.25, 0.3) is 10.9 Å². The number of carboxylic acid groups (broad SMARTS) is 1. The molecule has 5 aromatic rings. The summed E-state index contributed by atoms with van der Waals surface area (Å²) in [6.07, 6.45) is -1.39. The third-order valence-corrected chi connectivity index (χ3v) is 7.90. The van der Waals surface area contributed by atoms with Crippen LogP contribution in [0.5, 0.6) is 11.5 Å². The molecule has 6 N–H and O–H groups in total. The Balaban J connectivity index is 1.11. The van der Waals surface area contributed by atoms with Crippen molar-refractivity contribution in [3.63, 3.8) is 0 Å². The third-order valence-electron chi connectivity index (χ3n) is 7.90. The number of nitrogens with one attached hydrogen (secondary N) is 3. The number of rotatable bonds is 15. The summed E-state index contributed by atoms with van der Waals surface area (Å²) in [5, 5.41) is 36.5. The Morgan fingerprint density at radius 2 is 1.77 bits per heavy atom. The third kappa shape index (κ3) is 8.41. The second-order valence-corrected chi connectivity index (χ2v) is 11.2. The quantitative estimate of drug-likeness (QED) is 0.0854. The van der Waals surface area contributed by atoms with Crippen molar-refractivity contribution in [2.24, 2.45) is 0 Å². The number of furan rings is 1. The fourth-order valence-corrected chi connectivity index (χ4v) is 5.49. The van der Waals surface area contributed by atoms with Crippen LogP contribution < -0.4 is 20.9 Å². The van der Waals surface area contributed by atoms with Gasteiger partial charge in [-0.25, -0.2) is 4.79 Å². The van der Waals surface area contributed by atoms with E-state index in [-0.39, 0.29) is 41.6 Å². The number of benzene rings is 3. The molecule has 12 heteroatoms. The predicted octanol–water partition coefficient (Wildman–Crippen LogP) is 4.94. The lowest BCUT2D eigenvalue weighted by Gasteiger charge is -2.20. The normalized spacial score (nSPS) is 12.4. The largest absolute Gasteiger partial charge is 0.506 e. The van der Waals surface area contributed by atoms with Gasteiger partial charge in [0.15, 0.2) is 5.76 Å². The van der Waals surface area contributed by atoms with E-state index in [0.29, 0.717) is 54.1 Å². The molecule has 5 rings (SSSR count). The number of phenols is 1. The van der Waals surface area contributed by atoms with E-state index < -0.39 is 18.2 Å². The van der Waals surface area contributed by atoms with Gasteiger partial charge in [0.05, 0.1) is 17.7 Å². The minimum atomic E-state index is -1.14. The Morgan fingerprint density at radius 1 is 0.979 bits per heavy atom. The lowest BCUT2D eigenvalue weighted by atomic mass is 9.99. The lowest BCUT2D eigenvalue weighted by molar-refractivity contribution is 0.0725. The van der Waals surface area contributed by atoms with Gasteiger partial charge in [0, 0.05) is 31.1 Å². The molecule has 2 aromatic heterocycles. The highest BCUT2D eigenvalue weighted by Crippen LogP contribution is 2.29. The van der Waals surface area contributed by atoms with Crippen LogP contribution in [-0.2, 0) is 6.61 Å². The van der Waals surface area contributed by atoms with E-state index in [1.54, 1.807) is 47.4 Å². The van der Waals surface area contributed by atoms with Crippen molar-refractivity contribution in [2.75, 3.05) is 26.2 Å². The average Bonchev–Trinajstić information content (AvgIpc) is 3.57. The first-order valence-electron chi connectivity index (χ1n) is 15.6. The van der Waals surface area contributed by atoms with Crippen molar-refractivity contribution in [2.45, 2.75) is 32.1 Å². The maximum absolute atomic E-state index is 13.2. The Labute approximate surface area is 276 Å². The lowest BCUT2D eigenvalue weighted by Crippen LogP contribution is -2.33. The first-order valence-corrected chi connectivity index (χ1v) is 15.6. The van der Waals surface area contributed by atoms with Gasteiger partial charge in [0.25, 0.3) is 5.91 Å². The number of fused-ring (bicyclic) bond motifs is 1. The van der Waals surface area contributed by atoms with Crippen molar-refractivity contribution < 1.29 is 34.1 Å². The van der Waals surface area contributed by atoms with Crippen LogP contribution in [0.15, 0.2) is 100 Å². The molecular formula is C36H38N4O8. The molecule has 2 atom stereocenters. The Bertz CT molecular complexity index is 1910. The summed E-state index contributed by atoms with van der Waals surface area (Å²) in [7, 11) is 0. The van der Waals surface area contributed by atoms with Crippen molar-refractivity contribution in [3.8, 4) is 11.5 Å². The predicted molar refractivity (Wildman–Crippen MR) is 179 cm³/mol. The number of aromatic nitrogens is 1. The number of aliphatic hydroxyl groups excluding tert-OH is 1. The molecule has 0 bridgehead atoms. The molecule has 250 valence electrons. The topological polar surface area (TPSA) is 177 Å². The first-order chi connectivity index (χ1) is 23.2. The summed E-state index contributed by atoms with van der Waals surface area (Å²) in [5.74, 6) is 0.859. The van der Waals surface area contributed by atoms with Gasteiger partial charge in [0.2, 0.25) is 5.56 Å². The highest BCUT2D eigenvalue weighted by Gasteiger charge is 2.20. The maximum Gasteiger partial charge on any atom is 0.405 e. The molecule has 0 aliphatic heterocycles. The van der Waals surface area contributed by atoms with Crippen LogP contribution in [-0.4, -0.2) is 63.4 Å². The van der Waals surface area contributed by atoms with Gasteiger partial charge >= 0.3 is 6.09 Å². The van der Waals surface area contributed by atoms with E-state index in [9.17, 15) is 29.7 Å². The highest BCUT2D eigenvalue weighted by molar-refractivity contribution is 5.91. The first kappa shape index (κ1) is 33.8. The van der Waals surface area contributed by atoms with Crippen LogP contribution in [0.1, 0.15) is 58.5 Å². The van der Waals surface area contributed by atoms with Crippen LogP contribution in [0.2, 0.25) is 0 Å². The summed E-state index contributed by atoms with van der Waals surface area (Å²) in [5.41, 5.74) is 2.02. The zero-order chi connectivity index (χ0) is 34.0. The van der Waals surface area contributed by atoms with Crippen LogP contribution in [0.4, 0.5) is 4.79 Å². The smallest absolute Gasteiger partial charge is 0.405 e. The molecule has 12 nitrogen and oxygen atoms in total. The molecule has 0 saturated carbocycles. The van der Waals surface area contributed by atoms with Gasteiger partial charge in [-0.15, -0.1) is 0 Å². The maximum atomic E-state index is 13.2. The highest BCUT2D eigenvalue weighted by atomic mass is 16.5. The minimum Gasteiger partial charge on any atom is -0.506 e. The van der Waals surface area contributed by atoms with Gasteiger partial charge < -0.3 is 45.0 Å². The number of H-pyrrole nitrogens is 1. The monoisotopic (exact) mass is 654 g/mol. The van der Waals surface area contributed by atoms with Crippen molar-refractivity contribution in [3.05, 3.63) is 130 Å². The molecule has 0 spiro atoms. The molecular weight excluding hydrogens is 616 g/mol. The number of hydrogen-bond donors (Lipinski definition) is 6. The number of amides is 2. The molecule has 0 saturated heterocycles. The van der Waals surface area contributed by atoms with E-state index in [1.165, 1.54) is 12.1 Å². The zero-order valence-electron chi connectivity index (χ0n) is 26.4. The SMILES string of the molecule is CCN(CCCNC[C@H](O)c1ccc(O)c2[nH]c(=O)ccc12)C(=O)c1ccc(COc2cccc([C@@H](NC(=O)O)c3ccccc3)c2)o1. The number of carbonyl (C=O) groups is 2. The summed E-state index contributed by atoms with van der Waals surface area (Å²) in [4.78, 5) is 40.6. The summed E-state index contributed by atoms with van der Waals surface area (Å²) in [6, 6.07) is 25.1. The fraction of sp³-hybridized carbons (Fsp3) is 0.250. The van der Waals surface area contributed by atoms with Crippen molar-refractivity contribution in [1.82, 2.24) is 20.5 Å². The second-order valence-electron chi connectivity index (χ2n) is 11.2. The van der Waals surface area contributed by atoms with Gasteiger partial charge in [-0.05, 0) is 73.0 Å². The van der Waals surface area contributed by atoms with Gasteiger partial charge in [-0.1, -0.05) is 48.5 Å². The van der Waals surface area contributed by atoms with Crippen molar-refractivity contribution in [1.29, 1.82) is 0 Å². The number of hydrogen-bond acceptors (Lipinski definition) is 8. The molecule has 0 aliphatic carbocycles. The molecule has 2 heterocycles. The number of aromatic hydroxyl groups is 1. The molecule has 48 heavy (non-hydrogen) atoms. The van der Waals surface area contributed by atoms with E-state index >= 15 is 0 Å². The number of nitrogens with zero attached hydrogens (tertiary/aromatic N) is 1. The summed E-state index contributed by atoms with van der Waals surface area (Å²) < 4.78 is 11.7. The molecule has 3 aromatic carbocycles. The van der Waals surface area contributed by atoms with E-state index in [4.69, 9.17) is 9.15 Å². The van der Waals surface area contributed by atoms with E-state index in [0.717, 1.165) is 5.56 Å². The molecule has 2 amide bonds.